The van der Waals surface area contributed by atoms with E-state index in [2.05, 4.69) is 9.89 Å². The second kappa shape index (κ2) is 9.54. The molecule has 0 radical (unpaired) electrons. The van der Waals surface area contributed by atoms with Gasteiger partial charge in [-0.05, 0) is 30.0 Å². The average Bonchev–Trinajstić information content (AvgIpc) is 2.72. The normalized spacial score (nSPS) is 20.3. The lowest BCUT2D eigenvalue weighted by Crippen LogP contribution is -2.45. The summed E-state index contributed by atoms with van der Waals surface area (Å²) < 4.78 is 0. The number of nitrogens with zero attached hydrogens (tertiary/aromatic N) is 3. The van der Waals surface area contributed by atoms with Gasteiger partial charge in [0.15, 0.2) is 11.8 Å². The van der Waals surface area contributed by atoms with Crippen LogP contribution in [0, 0.1) is 5.41 Å². The molecule has 1 saturated heterocycles. The molecule has 1 aromatic carbocycles. The largest absolute Gasteiger partial charge is 0.511 e. The Bertz CT molecular complexity index is 941. The standard InChI is InChI=1S/C24H31N3O5/c1-16(22-20(29)13-24(2,3)14-21(22)30)25-19(23(31)32)12-17-4-6-18(7-5-17)27-10-8-26(15-28)9-11-27/h4-7,15,19,29H,8-14H2,1-3H3,(H,31,32). The number of hydrogen-bond acceptors (Lipinski definition) is 6. The zero-order chi connectivity index (χ0) is 23.5. The predicted molar refractivity (Wildman–Crippen MR) is 122 cm³/mol. The van der Waals surface area contributed by atoms with Crippen LogP contribution in [-0.4, -0.2) is 71.2 Å². The van der Waals surface area contributed by atoms with E-state index in [0.717, 1.165) is 30.8 Å². The van der Waals surface area contributed by atoms with Crippen LogP contribution < -0.4 is 4.90 Å². The number of carboxylic acid groups (broad SMARTS) is 1. The Kier molecular flexibility index (Phi) is 7.01. The molecule has 1 atom stereocenters. The van der Waals surface area contributed by atoms with Crippen molar-refractivity contribution in [2.24, 2.45) is 10.4 Å². The third-order valence-electron chi connectivity index (χ3n) is 6.04. The minimum absolute atomic E-state index is 0.0179. The monoisotopic (exact) mass is 441 g/mol. The first-order valence-electron chi connectivity index (χ1n) is 10.9. The minimum atomic E-state index is -1.08. The fraction of sp³-hybridized carbons (Fsp3) is 0.500. The van der Waals surface area contributed by atoms with E-state index < -0.39 is 12.0 Å². The van der Waals surface area contributed by atoms with Gasteiger partial charge in [0, 0.05) is 56.8 Å². The second-order valence-corrected chi connectivity index (χ2v) is 9.33. The number of carbonyl (C=O) groups is 3. The first kappa shape index (κ1) is 23.5. The first-order valence-corrected chi connectivity index (χ1v) is 10.9. The smallest absolute Gasteiger partial charge is 0.328 e. The Hall–Kier alpha value is -3.16. The molecule has 0 bridgehead atoms. The van der Waals surface area contributed by atoms with Gasteiger partial charge >= 0.3 is 5.97 Å². The van der Waals surface area contributed by atoms with Gasteiger partial charge in [-0.1, -0.05) is 26.0 Å². The highest BCUT2D eigenvalue weighted by Gasteiger charge is 2.34. The molecule has 172 valence electrons. The molecule has 8 heteroatoms. The number of carbonyl (C=O) groups excluding carboxylic acids is 2. The fourth-order valence-electron chi connectivity index (χ4n) is 4.34. The fourth-order valence-corrected chi connectivity index (χ4v) is 4.34. The zero-order valence-electron chi connectivity index (χ0n) is 18.9. The van der Waals surface area contributed by atoms with Crippen molar-refractivity contribution in [1.29, 1.82) is 0 Å². The molecule has 1 amide bonds. The Morgan fingerprint density at radius 3 is 2.31 bits per heavy atom. The highest BCUT2D eigenvalue weighted by molar-refractivity contribution is 6.22. The van der Waals surface area contributed by atoms with Crippen LogP contribution in [0.2, 0.25) is 0 Å². The summed E-state index contributed by atoms with van der Waals surface area (Å²) in [7, 11) is 0. The van der Waals surface area contributed by atoms with Crippen molar-refractivity contribution in [3.05, 3.63) is 41.2 Å². The number of aliphatic imine (C=N–C) groups is 1. The van der Waals surface area contributed by atoms with Crippen LogP contribution in [0.25, 0.3) is 0 Å². The third-order valence-corrected chi connectivity index (χ3v) is 6.04. The number of Topliss-reactive ketones (excluding diaryl/α,β-unsaturated/α-hetero) is 1. The molecule has 8 nitrogen and oxygen atoms in total. The molecule has 1 aromatic rings. The molecular weight excluding hydrogens is 410 g/mol. The molecule has 32 heavy (non-hydrogen) atoms. The number of amides is 1. The van der Waals surface area contributed by atoms with Crippen molar-refractivity contribution >= 4 is 29.6 Å². The van der Waals surface area contributed by atoms with Gasteiger partial charge in [0.2, 0.25) is 6.41 Å². The van der Waals surface area contributed by atoms with E-state index in [0.29, 0.717) is 25.9 Å². The van der Waals surface area contributed by atoms with Crippen molar-refractivity contribution < 1.29 is 24.6 Å². The Morgan fingerprint density at radius 2 is 1.78 bits per heavy atom. The number of rotatable bonds is 7. The van der Waals surface area contributed by atoms with Crippen LogP contribution in [0.4, 0.5) is 5.69 Å². The van der Waals surface area contributed by atoms with E-state index in [9.17, 15) is 24.6 Å². The SMILES string of the molecule is CC(=NC(Cc1ccc(N2CCN(C=O)CC2)cc1)C(=O)O)C1=C(O)CC(C)(C)CC1=O. The van der Waals surface area contributed by atoms with Gasteiger partial charge in [0.25, 0.3) is 0 Å². The minimum Gasteiger partial charge on any atom is -0.511 e. The van der Waals surface area contributed by atoms with Crippen molar-refractivity contribution in [2.75, 3.05) is 31.1 Å². The van der Waals surface area contributed by atoms with Gasteiger partial charge in [-0.3, -0.25) is 14.6 Å². The summed E-state index contributed by atoms with van der Waals surface area (Å²) in [4.78, 5) is 43.5. The number of benzene rings is 1. The number of aliphatic hydroxyl groups excluding tert-OH is 1. The highest BCUT2D eigenvalue weighted by atomic mass is 16.4. The Morgan fingerprint density at radius 1 is 1.16 bits per heavy atom. The van der Waals surface area contributed by atoms with E-state index in [4.69, 9.17) is 0 Å². The van der Waals surface area contributed by atoms with Crippen LogP contribution in [0.15, 0.2) is 40.6 Å². The van der Waals surface area contributed by atoms with Gasteiger partial charge < -0.3 is 20.0 Å². The number of ketones is 1. The molecule has 1 heterocycles. The lowest BCUT2D eigenvalue weighted by Gasteiger charge is -2.34. The van der Waals surface area contributed by atoms with Gasteiger partial charge in [-0.25, -0.2) is 4.79 Å². The highest BCUT2D eigenvalue weighted by Crippen LogP contribution is 2.36. The van der Waals surface area contributed by atoms with Crippen molar-refractivity contribution in [3.63, 3.8) is 0 Å². The van der Waals surface area contributed by atoms with Crippen LogP contribution in [0.1, 0.15) is 39.2 Å². The summed E-state index contributed by atoms with van der Waals surface area (Å²) in [5.74, 6) is -1.30. The number of aliphatic carboxylic acids is 1. The first-order chi connectivity index (χ1) is 15.1. The van der Waals surface area contributed by atoms with Crippen LogP contribution in [0.5, 0.6) is 0 Å². The molecule has 2 aliphatic rings. The molecule has 0 aromatic heterocycles. The lowest BCUT2D eigenvalue weighted by atomic mass is 9.75. The third kappa shape index (κ3) is 5.55. The topological polar surface area (TPSA) is 111 Å². The van der Waals surface area contributed by atoms with E-state index in [1.54, 1.807) is 11.8 Å². The maximum absolute atomic E-state index is 12.5. The van der Waals surface area contributed by atoms with Crippen molar-refractivity contribution in [3.8, 4) is 0 Å². The van der Waals surface area contributed by atoms with Gasteiger partial charge in [0.1, 0.15) is 5.76 Å². The number of piperazine rings is 1. The van der Waals surface area contributed by atoms with Gasteiger partial charge in [-0.2, -0.15) is 0 Å². The quantitative estimate of drug-likeness (QED) is 0.497. The number of allylic oxidation sites excluding steroid dienone is 2. The van der Waals surface area contributed by atoms with Crippen LogP contribution in [0.3, 0.4) is 0 Å². The maximum atomic E-state index is 12.5. The molecule has 2 N–H and O–H groups in total. The molecule has 1 unspecified atom stereocenters. The number of hydrogen-bond donors (Lipinski definition) is 2. The molecule has 1 fully saturated rings. The summed E-state index contributed by atoms with van der Waals surface area (Å²) >= 11 is 0. The summed E-state index contributed by atoms with van der Waals surface area (Å²) in [5, 5.41) is 20.1. The zero-order valence-corrected chi connectivity index (χ0v) is 18.9. The second-order valence-electron chi connectivity index (χ2n) is 9.33. The van der Waals surface area contributed by atoms with Crippen molar-refractivity contribution in [2.45, 2.75) is 46.1 Å². The molecule has 3 rings (SSSR count). The van der Waals surface area contributed by atoms with Gasteiger partial charge in [0.05, 0.1) is 5.57 Å². The summed E-state index contributed by atoms with van der Waals surface area (Å²) in [6.07, 6.45) is 1.70. The summed E-state index contributed by atoms with van der Waals surface area (Å²) in [6.45, 7) is 8.27. The molecular formula is C24H31N3O5. The molecule has 0 saturated carbocycles. The van der Waals surface area contributed by atoms with Crippen LogP contribution >= 0.6 is 0 Å². The van der Waals surface area contributed by atoms with Crippen molar-refractivity contribution in [1.82, 2.24) is 4.90 Å². The van der Waals surface area contributed by atoms with E-state index in [1.807, 2.05) is 38.1 Å². The number of aliphatic hydroxyl groups is 1. The lowest BCUT2D eigenvalue weighted by molar-refractivity contribution is -0.138. The van der Waals surface area contributed by atoms with E-state index >= 15 is 0 Å². The predicted octanol–water partition coefficient (Wildman–Crippen LogP) is 2.62. The summed E-state index contributed by atoms with van der Waals surface area (Å²) in [6, 6.07) is 6.60. The number of anilines is 1. The Balaban J connectivity index is 1.72. The average molecular weight is 442 g/mol. The van der Waals surface area contributed by atoms with E-state index in [1.165, 1.54) is 0 Å². The van der Waals surface area contributed by atoms with Gasteiger partial charge in [-0.15, -0.1) is 0 Å². The number of carboxylic acids is 1. The van der Waals surface area contributed by atoms with Crippen LogP contribution in [-0.2, 0) is 20.8 Å². The molecule has 1 aliphatic heterocycles. The summed E-state index contributed by atoms with van der Waals surface area (Å²) in [5.41, 5.74) is 1.94. The molecule has 0 spiro atoms. The van der Waals surface area contributed by atoms with E-state index in [-0.39, 0.29) is 34.7 Å². The maximum Gasteiger partial charge on any atom is 0.328 e. The molecule has 1 aliphatic carbocycles. The Labute approximate surface area is 188 Å².